The van der Waals surface area contributed by atoms with Crippen LogP contribution in [0.25, 0.3) is 0 Å². The van der Waals surface area contributed by atoms with Crippen LogP contribution in [0, 0.1) is 0 Å². The maximum absolute atomic E-state index is 13.2. The van der Waals surface area contributed by atoms with Gasteiger partial charge in [0.05, 0.1) is 12.1 Å². The Bertz CT molecular complexity index is 851. The van der Waals surface area contributed by atoms with Crippen LogP contribution in [0.15, 0.2) is 73.1 Å². The number of nitrogens with zero attached hydrogens (tertiary/aromatic N) is 3. The van der Waals surface area contributed by atoms with Gasteiger partial charge in [-0.2, -0.15) is 0 Å². The van der Waals surface area contributed by atoms with Crippen molar-refractivity contribution in [1.29, 1.82) is 0 Å². The van der Waals surface area contributed by atoms with E-state index in [4.69, 9.17) is 0 Å². The van der Waals surface area contributed by atoms with Crippen molar-refractivity contribution in [3.8, 4) is 0 Å². The Morgan fingerprint density at radius 1 is 0.929 bits per heavy atom. The molecule has 0 aliphatic carbocycles. The van der Waals surface area contributed by atoms with Crippen LogP contribution in [0.4, 0.5) is 11.6 Å². The number of anilines is 2. The van der Waals surface area contributed by atoms with E-state index in [1.165, 1.54) is 12.8 Å². The summed E-state index contributed by atoms with van der Waals surface area (Å²) < 4.78 is 0. The monoisotopic (exact) mass is 374 g/mol. The molecule has 0 radical (unpaired) electrons. The van der Waals surface area contributed by atoms with Crippen LogP contribution in [-0.2, 0) is 6.54 Å². The zero-order valence-corrected chi connectivity index (χ0v) is 16.2. The van der Waals surface area contributed by atoms with Crippen molar-refractivity contribution in [1.82, 2.24) is 9.97 Å². The number of hydrogen-bond donors (Lipinski definition) is 1. The molecule has 5 nitrogen and oxygen atoms in total. The highest BCUT2D eigenvalue weighted by atomic mass is 16.2. The van der Waals surface area contributed by atoms with Crippen LogP contribution in [0.5, 0.6) is 0 Å². The average Bonchev–Trinajstić information content (AvgIpc) is 2.76. The van der Waals surface area contributed by atoms with Gasteiger partial charge in [0.2, 0.25) is 5.95 Å². The van der Waals surface area contributed by atoms with Crippen LogP contribution in [0.1, 0.15) is 42.1 Å². The van der Waals surface area contributed by atoms with Crippen LogP contribution in [0.3, 0.4) is 0 Å². The van der Waals surface area contributed by atoms with E-state index in [1.54, 1.807) is 17.3 Å². The lowest BCUT2D eigenvalue weighted by atomic mass is 10.1. The lowest BCUT2D eigenvalue weighted by Gasteiger charge is -2.23. The second-order valence-corrected chi connectivity index (χ2v) is 6.64. The molecule has 0 aliphatic rings. The maximum Gasteiger partial charge on any atom is 0.261 e. The zero-order valence-electron chi connectivity index (χ0n) is 16.2. The van der Waals surface area contributed by atoms with Gasteiger partial charge in [-0.1, -0.05) is 68.3 Å². The molecule has 3 rings (SSSR count). The van der Waals surface area contributed by atoms with Crippen molar-refractivity contribution >= 4 is 17.5 Å². The lowest BCUT2D eigenvalue weighted by molar-refractivity contribution is 0.0984. The molecule has 0 fully saturated rings. The first-order valence-electron chi connectivity index (χ1n) is 9.74. The Morgan fingerprint density at radius 3 is 2.21 bits per heavy atom. The maximum atomic E-state index is 13.2. The van der Waals surface area contributed by atoms with Crippen molar-refractivity contribution in [3.63, 3.8) is 0 Å². The van der Waals surface area contributed by atoms with E-state index in [0.29, 0.717) is 18.1 Å². The Labute approximate surface area is 166 Å². The number of amides is 1. The number of carbonyl (C=O) groups is 1. The highest BCUT2D eigenvalue weighted by molar-refractivity contribution is 6.05. The molecule has 0 atom stereocenters. The molecule has 0 aliphatic heterocycles. The number of hydrogen-bond acceptors (Lipinski definition) is 4. The molecule has 2 aromatic carbocycles. The first-order chi connectivity index (χ1) is 13.8. The van der Waals surface area contributed by atoms with Crippen LogP contribution in [-0.4, -0.2) is 22.4 Å². The van der Waals surface area contributed by atoms with Crippen molar-refractivity contribution in [2.45, 2.75) is 32.7 Å². The van der Waals surface area contributed by atoms with Gasteiger partial charge in [-0.3, -0.25) is 4.79 Å². The zero-order chi connectivity index (χ0) is 19.6. The summed E-state index contributed by atoms with van der Waals surface area (Å²) in [6.45, 7) is 3.50. The third-order valence-electron chi connectivity index (χ3n) is 4.46. The van der Waals surface area contributed by atoms with Crippen molar-refractivity contribution in [3.05, 3.63) is 84.2 Å². The summed E-state index contributed by atoms with van der Waals surface area (Å²) in [5.41, 5.74) is 2.38. The number of aromatic nitrogens is 2. The summed E-state index contributed by atoms with van der Waals surface area (Å²) in [6.07, 6.45) is 6.62. The lowest BCUT2D eigenvalue weighted by Crippen LogP contribution is -2.30. The minimum Gasteiger partial charge on any atom is -0.354 e. The second kappa shape index (κ2) is 10.2. The third-order valence-corrected chi connectivity index (χ3v) is 4.46. The number of para-hydroxylation sites is 1. The fourth-order valence-electron chi connectivity index (χ4n) is 2.92. The summed E-state index contributed by atoms with van der Waals surface area (Å²) in [4.78, 5) is 23.6. The normalized spacial score (nSPS) is 10.5. The number of rotatable bonds is 9. The van der Waals surface area contributed by atoms with Crippen molar-refractivity contribution in [2.24, 2.45) is 0 Å². The molecule has 5 heteroatoms. The van der Waals surface area contributed by atoms with E-state index in [2.05, 4.69) is 22.2 Å². The van der Waals surface area contributed by atoms with E-state index in [-0.39, 0.29) is 5.91 Å². The number of benzene rings is 2. The molecule has 3 aromatic rings. The number of nitrogens with one attached hydrogen (secondary N) is 1. The first-order valence-corrected chi connectivity index (χ1v) is 9.74. The number of carbonyl (C=O) groups excluding carboxylic acids is 1. The van der Waals surface area contributed by atoms with Gasteiger partial charge in [-0.05, 0) is 24.1 Å². The molecule has 1 N–H and O–H groups in total. The molecule has 28 heavy (non-hydrogen) atoms. The van der Waals surface area contributed by atoms with Crippen molar-refractivity contribution < 1.29 is 4.79 Å². The Morgan fingerprint density at radius 2 is 1.57 bits per heavy atom. The molecule has 0 bridgehead atoms. The first kappa shape index (κ1) is 19.5. The van der Waals surface area contributed by atoms with E-state index < -0.39 is 0 Å². The molecule has 0 unspecified atom stereocenters. The van der Waals surface area contributed by atoms with Crippen LogP contribution in [0.2, 0.25) is 0 Å². The minimum absolute atomic E-state index is 0.118. The van der Waals surface area contributed by atoms with E-state index in [9.17, 15) is 4.79 Å². The van der Waals surface area contributed by atoms with Gasteiger partial charge in [0, 0.05) is 24.6 Å². The van der Waals surface area contributed by atoms with Gasteiger partial charge in [0.25, 0.3) is 5.91 Å². The van der Waals surface area contributed by atoms with Gasteiger partial charge in [-0.15, -0.1) is 0 Å². The molecule has 144 valence electrons. The predicted molar refractivity (Wildman–Crippen MR) is 113 cm³/mol. The molecule has 0 saturated heterocycles. The fourth-order valence-corrected chi connectivity index (χ4v) is 2.92. The van der Waals surface area contributed by atoms with Crippen LogP contribution >= 0.6 is 0 Å². The quantitative estimate of drug-likeness (QED) is 0.540. The van der Waals surface area contributed by atoms with E-state index in [0.717, 1.165) is 24.2 Å². The summed E-state index contributed by atoms with van der Waals surface area (Å²) in [7, 11) is 0. The topological polar surface area (TPSA) is 58.1 Å². The summed E-state index contributed by atoms with van der Waals surface area (Å²) in [5, 5.41) is 3.20. The standard InChI is InChI=1S/C23H26N4O/c1-2-3-10-15-24-23-25-16-20(17-26-23)22(28)27(21-13-8-5-9-14-21)18-19-11-6-4-7-12-19/h4-9,11-14,16-17H,2-3,10,15,18H2,1H3,(H,24,25,26). The second-order valence-electron chi connectivity index (χ2n) is 6.64. The molecular formula is C23H26N4O. The molecule has 0 saturated carbocycles. The largest absolute Gasteiger partial charge is 0.354 e. The Kier molecular flexibility index (Phi) is 7.13. The summed E-state index contributed by atoms with van der Waals surface area (Å²) in [6, 6.07) is 19.6. The summed E-state index contributed by atoms with van der Waals surface area (Å²) >= 11 is 0. The van der Waals surface area contributed by atoms with Crippen molar-refractivity contribution in [2.75, 3.05) is 16.8 Å². The van der Waals surface area contributed by atoms with Gasteiger partial charge in [0.15, 0.2) is 0 Å². The minimum atomic E-state index is -0.118. The smallest absolute Gasteiger partial charge is 0.261 e. The average molecular weight is 374 g/mol. The third kappa shape index (κ3) is 5.39. The summed E-state index contributed by atoms with van der Waals surface area (Å²) in [5.74, 6) is 0.439. The van der Waals surface area contributed by atoms with Gasteiger partial charge >= 0.3 is 0 Å². The molecule has 1 amide bonds. The number of unbranched alkanes of at least 4 members (excludes halogenated alkanes) is 2. The highest BCUT2D eigenvalue weighted by Crippen LogP contribution is 2.20. The Balaban J connectivity index is 1.75. The van der Waals surface area contributed by atoms with Crippen LogP contribution < -0.4 is 10.2 Å². The molecule has 1 aromatic heterocycles. The SMILES string of the molecule is CCCCCNc1ncc(C(=O)N(Cc2ccccc2)c2ccccc2)cn1. The molecular weight excluding hydrogens is 348 g/mol. The van der Waals surface area contributed by atoms with Gasteiger partial charge < -0.3 is 10.2 Å². The Hall–Kier alpha value is -3.21. The molecule has 0 spiro atoms. The highest BCUT2D eigenvalue weighted by Gasteiger charge is 2.19. The molecule has 1 heterocycles. The van der Waals surface area contributed by atoms with E-state index >= 15 is 0 Å². The van der Waals surface area contributed by atoms with E-state index in [1.807, 2.05) is 60.7 Å². The van der Waals surface area contributed by atoms with Gasteiger partial charge in [0.1, 0.15) is 0 Å². The predicted octanol–water partition coefficient (Wildman–Crippen LogP) is 4.93. The van der Waals surface area contributed by atoms with Gasteiger partial charge in [-0.25, -0.2) is 9.97 Å². The fraction of sp³-hybridized carbons (Fsp3) is 0.261.